The minimum absolute atomic E-state index is 0.107. The molecule has 140 valence electrons. The summed E-state index contributed by atoms with van der Waals surface area (Å²) in [7, 11) is 0. The van der Waals surface area contributed by atoms with E-state index in [-0.39, 0.29) is 30.0 Å². The predicted molar refractivity (Wildman–Crippen MR) is 99.2 cm³/mol. The predicted octanol–water partition coefficient (Wildman–Crippen LogP) is 2.82. The summed E-state index contributed by atoms with van der Waals surface area (Å²) in [6, 6.07) is 8.01. The fourth-order valence-corrected chi connectivity index (χ4v) is 4.14. The Morgan fingerprint density at radius 3 is 2.38 bits per heavy atom. The molecule has 0 spiro atoms. The third kappa shape index (κ3) is 3.74. The Balaban J connectivity index is 1.31. The Kier molecular flexibility index (Phi) is 4.70. The largest absolute Gasteiger partial charge is 0.480 e. The van der Waals surface area contributed by atoms with Gasteiger partial charge in [-0.15, -0.1) is 0 Å². The lowest BCUT2D eigenvalue weighted by Crippen LogP contribution is -2.56. The van der Waals surface area contributed by atoms with Crippen LogP contribution < -0.4 is 5.32 Å². The van der Waals surface area contributed by atoms with Gasteiger partial charge in [0.05, 0.1) is 12.0 Å². The minimum Gasteiger partial charge on any atom is -0.480 e. The smallest absolute Gasteiger partial charge is 0.317 e. The fourth-order valence-electron chi connectivity index (χ4n) is 4.02. The summed E-state index contributed by atoms with van der Waals surface area (Å²) in [5.41, 5.74) is 0.654. The van der Waals surface area contributed by atoms with Gasteiger partial charge >= 0.3 is 5.97 Å². The van der Waals surface area contributed by atoms with E-state index in [1.165, 1.54) is 12.8 Å². The van der Waals surface area contributed by atoms with Gasteiger partial charge in [-0.05, 0) is 62.1 Å². The summed E-state index contributed by atoms with van der Waals surface area (Å²) in [4.78, 5) is 26.0. The van der Waals surface area contributed by atoms with Crippen molar-refractivity contribution in [2.75, 3.05) is 13.1 Å². The Labute approximate surface area is 158 Å². The van der Waals surface area contributed by atoms with Crippen molar-refractivity contribution in [3.05, 3.63) is 34.9 Å². The van der Waals surface area contributed by atoms with Crippen molar-refractivity contribution in [3.8, 4) is 0 Å². The van der Waals surface area contributed by atoms with Gasteiger partial charge in [-0.1, -0.05) is 23.7 Å². The molecule has 0 aromatic heterocycles. The number of rotatable bonds is 8. The van der Waals surface area contributed by atoms with Crippen LogP contribution in [0.5, 0.6) is 0 Å². The van der Waals surface area contributed by atoms with E-state index in [1.54, 1.807) is 0 Å². The van der Waals surface area contributed by atoms with E-state index >= 15 is 0 Å². The van der Waals surface area contributed by atoms with E-state index in [2.05, 4.69) is 10.2 Å². The number of nitrogens with one attached hydrogen (secondary N) is 1. The average molecular weight is 377 g/mol. The molecule has 3 aliphatic carbocycles. The standard InChI is InChI=1S/C20H25ClN2O3/c21-15-5-3-14(4-6-15)20(7-8-20)19(26)22-16-9-17(10-16)23(12-18(24)25)11-13-1-2-13/h3-6,13,16-17H,1-2,7-12H2,(H,22,26)(H,24,25). The van der Waals surface area contributed by atoms with E-state index in [0.29, 0.717) is 10.9 Å². The highest BCUT2D eigenvalue weighted by atomic mass is 35.5. The second kappa shape index (κ2) is 6.86. The Hall–Kier alpha value is -1.59. The fraction of sp³-hybridized carbons (Fsp3) is 0.600. The number of amides is 1. The van der Waals surface area contributed by atoms with Crippen LogP contribution in [0.25, 0.3) is 0 Å². The molecular formula is C20H25ClN2O3. The summed E-state index contributed by atoms with van der Waals surface area (Å²) in [5, 5.41) is 13.0. The second-order valence-electron chi connectivity index (χ2n) is 8.15. The topological polar surface area (TPSA) is 69.6 Å². The van der Waals surface area contributed by atoms with Crippen LogP contribution in [0.1, 0.15) is 44.1 Å². The van der Waals surface area contributed by atoms with Crippen LogP contribution in [0.4, 0.5) is 0 Å². The third-order valence-electron chi connectivity index (χ3n) is 6.07. The van der Waals surface area contributed by atoms with Crippen molar-refractivity contribution < 1.29 is 14.7 Å². The summed E-state index contributed by atoms with van der Waals surface area (Å²) in [6.45, 7) is 0.989. The molecule has 0 heterocycles. The lowest BCUT2D eigenvalue weighted by Gasteiger charge is -2.43. The van der Waals surface area contributed by atoms with Crippen molar-refractivity contribution in [2.24, 2.45) is 5.92 Å². The van der Waals surface area contributed by atoms with E-state index < -0.39 is 5.97 Å². The molecule has 1 aromatic rings. The zero-order valence-corrected chi connectivity index (χ0v) is 15.5. The molecule has 0 bridgehead atoms. The SMILES string of the molecule is O=C(O)CN(CC1CC1)C1CC(NC(=O)C2(c3ccc(Cl)cc3)CC2)C1. The second-order valence-corrected chi connectivity index (χ2v) is 8.59. The van der Waals surface area contributed by atoms with Gasteiger partial charge in [0.15, 0.2) is 0 Å². The van der Waals surface area contributed by atoms with E-state index in [4.69, 9.17) is 16.7 Å². The van der Waals surface area contributed by atoms with Crippen LogP contribution in [0.2, 0.25) is 5.02 Å². The number of aliphatic carboxylic acids is 1. The number of benzene rings is 1. The monoisotopic (exact) mass is 376 g/mol. The van der Waals surface area contributed by atoms with Gasteiger partial charge in [-0.3, -0.25) is 14.5 Å². The first kappa shape index (κ1) is 17.8. The van der Waals surface area contributed by atoms with Crippen molar-refractivity contribution in [2.45, 2.75) is 56.0 Å². The lowest BCUT2D eigenvalue weighted by atomic mass is 9.84. The number of hydrogen-bond donors (Lipinski definition) is 2. The van der Waals surface area contributed by atoms with Gasteiger partial charge in [0, 0.05) is 23.7 Å². The summed E-state index contributed by atoms with van der Waals surface area (Å²) < 4.78 is 0. The van der Waals surface area contributed by atoms with Crippen LogP contribution in [0, 0.1) is 5.92 Å². The molecule has 3 aliphatic rings. The molecule has 0 aliphatic heterocycles. The number of carboxylic acid groups (broad SMARTS) is 1. The lowest BCUT2D eigenvalue weighted by molar-refractivity contribution is -0.140. The Morgan fingerprint density at radius 2 is 1.85 bits per heavy atom. The van der Waals surface area contributed by atoms with Crippen molar-refractivity contribution >= 4 is 23.5 Å². The first-order valence-electron chi connectivity index (χ1n) is 9.49. The number of carbonyl (C=O) groups excluding carboxylic acids is 1. The molecule has 4 rings (SSSR count). The molecule has 1 amide bonds. The first-order valence-corrected chi connectivity index (χ1v) is 9.87. The van der Waals surface area contributed by atoms with Crippen LogP contribution in [0.15, 0.2) is 24.3 Å². The van der Waals surface area contributed by atoms with Crippen molar-refractivity contribution in [1.29, 1.82) is 0 Å². The molecule has 2 N–H and O–H groups in total. The molecular weight excluding hydrogens is 352 g/mol. The molecule has 3 fully saturated rings. The van der Waals surface area contributed by atoms with E-state index in [1.807, 2.05) is 24.3 Å². The van der Waals surface area contributed by atoms with Gasteiger partial charge in [0.25, 0.3) is 0 Å². The maximum Gasteiger partial charge on any atom is 0.317 e. The Morgan fingerprint density at radius 1 is 1.19 bits per heavy atom. The number of hydrogen-bond acceptors (Lipinski definition) is 3. The van der Waals surface area contributed by atoms with Gasteiger partial charge in [-0.2, -0.15) is 0 Å². The highest BCUT2D eigenvalue weighted by Gasteiger charge is 2.52. The van der Waals surface area contributed by atoms with Crippen LogP contribution >= 0.6 is 11.6 Å². The summed E-state index contributed by atoms with van der Waals surface area (Å²) in [5.74, 6) is 0.00989. The van der Waals surface area contributed by atoms with Crippen LogP contribution in [0.3, 0.4) is 0 Å². The molecule has 3 saturated carbocycles. The molecule has 0 radical (unpaired) electrons. The zero-order chi connectivity index (χ0) is 18.3. The summed E-state index contributed by atoms with van der Waals surface area (Å²) >= 11 is 5.95. The zero-order valence-electron chi connectivity index (χ0n) is 14.8. The van der Waals surface area contributed by atoms with Crippen molar-refractivity contribution in [3.63, 3.8) is 0 Å². The highest BCUT2D eigenvalue weighted by Crippen LogP contribution is 2.49. The maximum absolute atomic E-state index is 12.8. The Bertz CT molecular complexity index is 692. The quantitative estimate of drug-likeness (QED) is 0.732. The molecule has 0 unspecified atom stereocenters. The first-order chi connectivity index (χ1) is 12.5. The summed E-state index contributed by atoms with van der Waals surface area (Å²) in [6.07, 6.45) is 5.89. The molecule has 6 heteroatoms. The van der Waals surface area contributed by atoms with Gasteiger partial charge < -0.3 is 10.4 Å². The highest BCUT2D eigenvalue weighted by molar-refractivity contribution is 6.30. The average Bonchev–Trinajstić information content (AvgIpc) is 3.44. The molecule has 1 aromatic carbocycles. The molecule has 5 nitrogen and oxygen atoms in total. The van der Waals surface area contributed by atoms with Gasteiger partial charge in [-0.25, -0.2) is 0 Å². The number of carboxylic acids is 1. The third-order valence-corrected chi connectivity index (χ3v) is 6.33. The van der Waals surface area contributed by atoms with Crippen LogP contribution in [-0.2, 0) is 15.0 Å². The van der Waals surface area contributed by atoms with E-state index in [0.717, 1.165) is 37.8 Å². The molecule has 26 heavy (non-hydrogen) atoms. The number of nitrogens with zero attached hydrogens (tertiary/aromatic N) is 1. The molecule has 0 atom stereocenters. The molecule has 0 saturated heterocycles. The number of carbonyl (C=O) groups is 2. The van der Waals surface area contributed by atoms with Gasteiger partial charge in [0.1, 0.15) is 0 Å². The number of halogens is 1. The van der Waals surface area contributed by atoms with Crippen LogP contribution in [-0.4, -0.2) is 47.1 Å². The van der Waals surface area contributed by atoms with Crippen molar-refractivity contribution in [1.82, 2.24) is 10.2 Å². The van der Waals surface area contributed by atoms with E-state index in [9.17, 15) is 9.59 Å². The maximum atomic E-state index is 12.8. The van der Waals surface area contributed by atoms with Gasteiger partial charge in [0.2, 0.25) is 5.91 Å². The normalized spacial score (nSPS) is 26.2. The minimum atomic E-state index is -0.766.